The molecule has 1 aliphatic rings. The topological polar surface area (TPSA) is 111 Å². The Labute approximate surface area is 112 Å². The van der Waals surface area contributed by atoms with E-state index in [0.717, 1.165) is 0 Å². The predicted octanol–water partition coefficient (Wildman–Crippen LogP) is -0.667. The van der Waals surface area contributed by atoms with Gasteiger partial charge >= 0.3 is 5.69 Å². The van der Waals surface area contributed by atoms with Crippen molar-refractivity contribution in [3.8, 4) is 0 Å². The van der Waals surface area contributed by atoms with Gasteiger partial charge in [0.2, 0.25) is 0 Å². The van der Waals surface area contributed by atoms with E-state index < -0.39 is 48.0 Å². The molecule has 20 heavy (non-hydrogen) atoms. The fraction of sp³-hybridized carbons (Fsp3) is 0.636. The lowest BCUT2D eigenvalue weighted by Crippen LogP contribution is -2.44. The second kappa shape index (κ2) is 5.08. The van der Waals surface area contributed by atoms with Crippen LogP contribution in [-0.2, 0) is 4.74 Å². The summed E-state index contributed by atoms with van der Waals surface area (Å²) >= 11 is 0. The lowest BCUT2D eigenvalue weighted by molar-refractivity contribution is -0.130. The van der Waals surface area contributed by atoms with Gasteiger partial charge < -0.3 is 20.7 Å². The Bertz CT molecular complexity index is 561. The van der Waals surface area contributed by atoms with Gasteiger partial charge in [0, 0.05) is 0 Å². The second-order valence-electron chi connectivity index (χ2n) is 4.64. The second-order valence-corrected chi connectivity index (χ2v) is 4.64. The molecular formula is C11H15F2N3O4. The van der Waals surface area contributed by atoms with Gasteiger partial charge in [0.1, 0.15) is 11.7 Å². The van der Waals surface area contributed by atoms with Crippen LogP contribution in [0.2, 0.25) is 0 Å². The fourth-order valence-corrected chi connectivity index (χ4v) is 2.21. The van der Waals surface area contributed by atoms with Crippen molar-refractivity contribution >= 4 is 5.82 Å². The van der Waals surface area contributed by atoms with Crippen LogP contribution < -0.4 is 11.4 Å². The number of rotatable bonds is 3. The maximum absolute atomic E-state index is 14.1. The fourth-order valence-electron chi connectivity index (χ4n) is 2.21. The van der Waals surface area contributed by atoms with Crippen LogP contribution >= 0.6 is 0 Å². The Kier molecular flexibility index (Phi) is 3.76. The molecule has 0 amide bonds. The summed E-state index contributed by atoms with van der Waals surface area (Å²) in [5.74, 6) is -1.61. The number of anilines is 1. The van der Waals surface area contributed by atoms with Gasteiger partial charge in [-0.15, -0.1) is 0 Å². The van der Waals surface area contributed by atoms with E-state index >= 15 is 0 Å². The monoisotopic (exact) mass is 291 g/mol. The van der Waals surface area contributed by atoms with Crippen molar-refractivity contribution in [2.75, 3.05) is 12.3 Å². The Morgan fingerprint density at radius 1 is 1.65 bits per heavy atom. The minimum absolute atomic E-state index is 0.112. The number of ether oxygens (including phenoxy) is 1. The minimum atomic E-state index is -2.01. The van der Waals surface area contributed by atoms with Gasteiger partial charge in [-0.3, -0.25) is 4.57 Å². The van der Waals surface area contributed by atoms with Gasteiger partial charge in [0.15, 0.2) is 24.0 Å². The third-order valence-corrected chi connectivity index (χ3v) is 3.54. The first-order chi connectivity index (χ1) is 9.36. The van der Waals surface area contributed by atoms with E-state index in [1.54, 1.807) is 6.92 Å². The molecule has 1 aliphatic heterocycles. The Hall–Kier alpha value is -1.58. The standard InChI is InChI=1S/C11H15F2N3O4/c1-2-11(4-17)7(18)6(13)9(20-11)16-3-5(12)8(14)15-10(16)19/h3,6-7,9,17-18H,2,4H2,1H3,(H2,14,15,19)/t6-,7+,9-,11-/m1/s1. The molecule has 0 radical (unpaired) electrons. The van der Waals surface area contributed by atoms with Crippen molar-refractivity contribution in [2.24, 2.45) is 0 Å². The van der Waals surface area contributed by atoms with E-state index in [1.165, 1.54) is 0 Å². The van der Waals surface area contributed by atoms with Gasteiger partial charge in [-0.2, -0.15) is 4.98 Å². The highest BCUT2D eigenvalue weighted by atomic mass is 19.1. The molecule has 0 bridgehead atoms. The number of alkyl halides is 1. The number of halogens is 2. The molecule has 0 saturated carbocycles. The summed E-state index contributed by atoms with van der Waals surface area (Å²) in [6, 6.07) is 0. The average Bonchev–Trinajstić information content (AvgIpc) is 2.68. The molecule has 0 spiro atoms. The molecule has 4 N–H and O–H groups in total. The van der Waals surface area contributed by atoms with E-state index in [9.17, 15) is 23.8 Å². The van der Waals surface area contributed by atoms with E-state index in [2.05, 4.69) is 4.98 Å². The molecule has 0 aromatic carbocycles. The SMILES string of the molecule is CC[C@]1(CO)O[C@@H](n2cc(F)c(N)nc2=O)[C@H](F)[C@@H]1O. The highest BCUT2D eigenvalue weighted by Gasteiger charge is 2.55. The number of nitrogens with zero attached hydrogens (tertiary/aromatic N) is 2. The number of aliphatic hydroxyl groups is 2. The van der Waals surface area contributed by atoms with E-state index in [-0.39, 0.29) is 6.42 Å². The Morgan fingerprint density at radius 2 is 2.30 bits per heavy atom. The molecule has 0 aliphatic carbocycles. The molecule has 1 fully saturated rings. The zero-order valence-electron chi connectivity index (χ0n) is 10.7. The Balaban J connectivity index is 2.45. The average molecular weight is 291 g/mol. The summed E-state index contributed by atoms with van der Waals surface area (Å²) in [5, 5.41) is 19.1. The molecule has 4 atom stereocenters. The molecule has 1 aromatic heterocycles. The van der Waals surface area contributed by atoms with Crippen molar-refractivity contribution in [3.05, 3.63) is 22.5 Å². The van der Waals surface area contributed by atoms with Gasteiger partial charge in [-0.1, -0.05) is 6.92 Å². The van der Waals surface area contributed by atoms with Crippen molar-refractivity contribution in [1.82, 2.24) is 9.55 Å². The first kappa shape index (κ1) is 14.8. The van der Waals surface area contributed by atoms with Crippen LogP contribution in [-0.4, -0.2) is 44.2 Å². The molecule has 9 heteroatoms. The molecule has 2 heterocycles. The highest BCUT2D eigenvalue weighted by molar-refractivity contribution is 5.26. The smallest absolute Gasteiger partial charge is 0.351 e. The summed E-state index contributed by atoms with van der Waals surface area (Å²) in [5.41, 5.74) is 2.59. The molecular weight excluding hydrogens is 276 g/mol. The van der Waals surface area contributed by atoms with Crippen LogP contribution in [0.1, 0.15) is 19.6 Å². The Morgan fingerprint density at radius 3 is 2.80 bits per heavy atom. The molecule has 1 saturated heterocycles. The molecule has 2 rings (SSSR count). The summed E-state index contributed by atoms with van der Waals surface area (Å²) < 4.78 is 33.3. The van der Waals surface area contributed by atoms with Gasteiger partial charge in [0.25, 0.3) is 0 Å². The molecule has 112 valence electrons. The number of nitrogen functional groups attached to an aromatic ring is 1. The zero-order valence-corrected chi connectivity index (χ0v) is 10.7. The van der Waals surface area contributed by atoms with E-state index in [4.69, 9.17) is 10.5 Å². The number of hydrogen-bond donors (Lipinski definition) is 3. The van der Waals surface area contributed by atoms with E-state index in [1.807, 2.05) is 0 Å². The van der Waals surface area contributed by atoms with Gasteiger partial charge in [0.05, 0.1) is 12.8 Å². The van der Waals surface area contributed by atoms with Crippen molar-refractivity contribution in [1.29, 1.82) is 0 Å². The number of hydrogen-bond acceptors (Lipinski definition) is 6. The van der Waals surface area contributed by atoms with Crippen LogP contribution in [0.4, 0.5) is 14.6 Å². The summed E-state index contributed by atoms with van der Waals surface area (Å²) in [6.07, 6.45) is -4.45. The largest absolute Gasteiger partial charge is 0.393 e. The van der Waals surface area contributed by atoms with Crippen LogP contribution in [0.25, 0.3) is 0 Å². The van der Waals surface area contributed by atoms with Crippen LogP contribution in [0.5, 0.6) is 0 Å². The quantitative estimate of drug-likeness (QED) is 0.681. The molecule has 0 unspecified atom stereocenters. The molecule has 7 nitrogen and oxygen atoms in total. The van der Waals surface area contributed by atoms with Crippen molar-refractivity contribution in [2.45, 2.75) is 37.4 Å². The summed E-state index contributed by atoms with van der Waals surface area (Å²) in [6.45, 7) is 0.945. The van der Waals surface area contributed by atoms with Crippen LogP contribution in [0, 0.1) is 5.82 Å². The summed E-state index contributed by atoms with van der Waals surface area (Å²) in [4.78, 5) is 14.8. The van der Waals surface area contributed by atoms with Crippen molar-refractivity contribution < 1.29 is 23.7 Å². The van der Waals surface area contributed by atoms with E-state index in [0.29, 0.717) is 10.8 Å². The third-order valence-electron chi connectivity index (χ3n) is 3.54. The normalized spacial score (nSPS) is 33.5. The maximum atomic E-state index is 14.1. The number of aliphatic hydroxyl groups excluding tert-OH is 2. The van der Waals surface area contributed by atoms with Gasteiger partial charge in [-0.05, 0) is 6.42 Å². The third kappa shape index (κ3) is 2.07. The lowest BCUT2D eigenvalue weighted by atomic mass is 9.94. The van der Waals surface area contributed by atoms with Gasteiger partial charge in [-0.25, -0.2) is 13.6 Å². The predicted molar refractivity (Wildman–Crippen MR) is 64.0 cm³/mol. The number of nitrogens with two attached hydrogens (primary N) is 1. The lowest BCUT2D eigenvalue weighted by Gasteiger charge is -2.28. The highest BCUT2D eigenvalue weighted by Crippen LogP contribution is 2.40. The van der Waals surface area contributed by atoms with Crippen molar-refractivity contribution in [3.63, 3.8) is 0 Å². The number of aromatic nitrogens is 2. The van der Waals surface area contributed by atoms with Crippen LogP contribution in [0.3, 0.4) is 0 Å². The zero-order chi connectivity index (χ0) is 15.1. The van der Waals surface area contributed by atoms with Crippen LogP contribution in [0.15, 0.2) is 11.0 Å². The first-order valence-corrected chi connectivity index (χ1v) is 6.01. The minimum Gasteiger partial charge on any atom is -0.393 e. The first-order valence-electron chi connectivity index (χ1n) is 6.01. The summed E-state index contributed by atoms with van der Waals surface area (Å²) in [7, 11) is 0. The maximum Gasteiger partial charge on any atom is 0.351 e. The molecule has 1 aromatic rings.